The number of carbonyl (C=O) groups is 1. The lowest BCUT2D eigenvalue weighted by atomic mass is 10.0. The van der Waals surface area contributed by atoms with E-state index < -0.39 is 0 Å². The number of ketones is 1. The predicted molar refractivity (Wildman–Crippen MR) is 110 cm³/mol. The van der Waals surface area contributed by atoms with Gasteiger partial charge >= 0.3 is 0 Å². The third-order valence-electron chi connectivity index (χ3n) is 4.26. The first-order valence-corrected chi connectivity index (χ1v) is 9.53. The van der Waals surface area contributed by atoms with E-state index >= 15 is 0 Å². The van der Waals surface area contributed by atoms with Crippen LogP contribution in [0.3, 0.4) is 0 Å². The van der Waals surface area contributed by atoms with Gasteiger partial charge in [-0.2, -0.15) is 0 Å². The molecule has 26 heavy (non-hydrogen) atoms. The number of carbonyl (C=O) groups excluding carboxylic acids is 1. The molecule has 2 aromatic carbocycles. The van der Waals surface area contributed by atoms with Crippen molar-refractivity contribution >= 4 is 43.2 Å². The molecule has 0 radical (unpaired) electrons. The molecule has 0 spiro atoms. The number of hydrogen-bond acceptors (Lipinski definition) is 2. The Morgan fingerprint density at radius 2 is 1.58 bits per heavy atom. The minimum Gasteiger partial charge on any atom is -0.508 e. The third-order valence-corrected chi connectivity index (χ3v) is 5.59. The summed E-state index contributed by atoms with van der Waals surface area (Å²) in [5.74, 6) is 0.0331. The number of nitrogens with zero attached hydrogens (tertiary/aromatic N) is 1. The molecule has 2 heterocycles. The lowest BCUT2D eigenvalue weighted by molar-refractivity contribution is 0.103. The molecule has 128 valence electrons. The van der Waals surface area contributed by atoms with Crippen LogP contribution in [0.1, 0.15) is 16.1 Å². The fourth-order valence-electron chi connectivity index (χ4n) is 3.02. The SMILES string of the molecule is O=C(c1ccc(O)cc1)c1c(-c2ccc(Br)cc2)c(Br)c2ccccn12. The fourth-order valence-corrected chi connectivity index (χ4v) is 4.03. The van der Waals surface area contributed by atoms with Crippen LogP contribution in [0.2, 0.25) is 0 Å². The molecule has 0 aliphatic rings. The Hall–Kier alpha value is -2.37. The quantitative estimate of drug-likeness (QED) is 0.369. The van der Waals surface area contributed by atoms with Crippen LogP contribution in [0.25, 0.3) is 16.6 Å². The smallest absolute Gasteiger partial charge is 0.210 e. The maximum atomic E-state index is 13.3. The van der Waals surface area contributed by atoms with Crippen molar-refractivity contribution in [3.05, 3.63) is 93.1 Å². The molecule has 4 rings (SSSR count). The number of fused-ring (bicyclic) bond motifs is 1. The van der Waals surface area contributed by atoms with Crippen molar-refractivity contribution < 1.29 is 9.90 Å². The minimum absolute atomic E-state index is 0.102. The molecule has 0 saturated carbocycles. The molecule has 5 heteroatoms. The first kappa shape index (κ1) is 17.1. The number of aromatic nitrogens is 1. The summed E-state index contributed by atoms with van der Waals surface area (Å²) < 4.78 is 3.76. The van der Waals surface area contributed by atoms with E-state index in [9.17, 15) is 9.90 Å². The predicted octanol–water partition coefficient (Wildman–Crippen LogP) is 6.07. The summed E-state index contributed by atoms with van der Waals surface area (Å²) in [6, 6.07) is 20.0. The van der Waals surface area contributed by atoms with Crippen molar-refractivity contribution in [1.82, 2.24) is 4.40 Å². The van der Waals surface area contributed by atoms with E-state index in [1.54, 1.807) is 12.1 Å². The zero-order valence-corrected chi connectivity index (χ0v) is 16.7. The maximum Gasteiger partial charge on any atom is 0.210 e. The van der Waals surface area contributed by atoms with E-state index in [0.717, 1.165) is 25.6 Å². The van der Waals surface area contributed by atoms with Gasteiger partial charge in [0.05, 0.1) is 9.99 Å². The van der Waals surface area contributed by atoms with Crippen LogP contribution in [0.5, 0.6) is 5.75 Å². The van der Waals surface area contributed by atoms with E-state index in [0.29, 0.717) is 11.3 Å². The first-order valence-electron chi connectivity index (χ1n) is 7.94. The van der Waals surface area contributed by atoms with Gasteiger partial charge in [0, 0.05) is 21.8 Å². The lowest BCUT2D eigenvalue weighted by Crippen LogP contribution is -2.06. The van der Waals surface area contributed by atoms with Crippen molar-refractivity contribution in [3.63, 3.8) is 0 Å². The number of phenolic OH excluding ortho intramolecular Hbond substituents is 1. The molecule has 0 atom stereocenters. The summed E-state index contributed by atoms with van der Waals surface area (Å²) in [6.45, 7) is 0. The Bertz CT molecular complexity index is 1110. The zero-order chi connectivity index (χ0) is 18.3. The molecular weight excluding hydrogens is 458 g/mol. The van der Waals surface area contributed by atoms with Crippen molar-refractivity contribution in [3.8, 4) is 16.9 Å². The van der Waals surface area contributed by atoms with Crippen molar-refractivity contribution in [2.45, 2.75) is 0 Å². The van der Waals surface area contributed by atoms with Crippen LogP contribution in [0.4, 0.5) is 0 Å². The summed E-state index contributed by atoms with van der Waals surface area (Å²) in [5.41, 5.74) is 3.83. The second kappa shape index (κ2) is 6.74. The Morgan fingerprint density at radius 3 is 2.27 bits per heavy atom. The summed E-state index contributed by atoms with van der Waals surface area (Å²) >= 11 is 7.14. The average Bonchev–Trinajstić information content (AvgIpc) is 2.95. The molecule has 3 nitrogen and oxygen atoms in total. The molecule has 2 aromatic heterocycles. The summed E-state index contributed by atoms with van der Waals surface area (Å²) in [7, 11) is 0. The van der Waals surface area contributed by atoms with Crippen molar-refractivity contribution in [2.24, 2.45) is 0 Å². The summed E-state index contributed by atoms with van der Waals surface area (Å²) in [4.78, 5) is 13.3. The van der Waals surface area contributed by atoms with E-state index in [4.69, 9.17) is 0 Å². The van der Waals surface area contributed by atoms with Crippen LogP contribution in [0.15, 0.2) is 81.9 Å². The van der Waals surface area contributed by atoms with Crippen molar-refractivity contribution in [2.75, 3.05) is 0 Å². The van der Waals surface area contributed by atoms with Gasteiger partial charge in [-0.05, 0) is 70.0 Å². The molecule has 4 aromatic rings. The van der Waals surface area contributed by atoms with Crippen LogP contribution in [-0.4, -0.2) is 15.3 Å². The Labute approximate surface area is 167 Å². The van der Waals surface area contributed by atoms with E-state index in [1.165, 1.54) is 12.1 Å². The van der Waals surface area contributed by atoms with Crippen LogP contribution >= 0.6 is 31.9 Å². The van der Waals surface area contributed by atoms with Gasteiger partial charge in [-0.15, -0.1) is 0 Å². The fraction of sp³-hybridized carbons (Fsp3) is 0. The van der Waals surface area contributed by atoms with Gasteiger partial charge in [-0.25, -0.2) is 0 Å². The normalized spacial score (nSPS) is 11.0. The second-order valence-electron chi connectivity index (χ2n) is 5.88. The Morgan fingerprint density at radius 1 is 0.885 bits per heavy atom. The van der Waals surface area contributed by atoms with Crippen molar-refractivity contribution in [1.29, 1.82) is 0 Å². The number of hydrogen-bond donors (Lipinski definition) is 1. The molecule has 0 fully saturated rings. The van der Waals surface area contributed by atoms with Gasteiger partial charge in [-0.3, -0.25) is 4.79 Å². The number of benzene rings is 2. The van der Waals surface area contributed by atoms with Crippen LogP contribution in [0, 0.1) is 0 Å². The summed E-state index contributed by atoms with van der Waals surface area (Å²) in [5, 5.41) is 9.52. The molecule has 0 bridgehead atoms. The number of halogens is 2. The molecule has 0 aliphatic heterocycles. The van der Waals surface area contributed by atoms with E-state index in [-0.39, 0.29) is 11.5 Å². The van der Waals surface area contributed by atoms with Crippen LogP contribution in [-0.2, 0) is 0 Å². The third kappa shape index (κ3) is 2.87. The second-order valence-corrected chi connectivity index (χ2v) is 7.59. The highest BCUT2D eigenvalue weighted by Crippen LogP contribution is 2.38. The highest BCUT2D eigenvalue weighted by molar-refractivity contribution is 9.11. The highest BCUT2D eigenvalue weighted by atomic mass is 79.9. The molecule has 0 saturated heterocycles. The minimum atomic E-state index is -0.102. The summed E-state index contributed by atoms with van der Waals surface area (Å²) in [6.07, 6.45) is 1.89. The van der Waals surface area contributed by atoms with E-state index in [2.05, 4.69) is 31.9 Å². The standard InChI is InChI=1S/C21H13Br2NO2/c22-15-8-4-13(5-9-15)18-19(23)17-3-1-2-12-24(17)20(18)21(26)14-6-10-16(25)11-7-14/h1-12,25H. The Kier molecular flexibility index (Phi) is 4.42. The largest absolute Gasteiger partial charge is 0.508 e. The number of pyridine rings is 1. The zero-order valence-electron chi connectivity index (χ0n) is 13.5. The first-order chi connectivity index (χ1) is 12.6. The monoisotopic (exact) mass is 469 g/mol. The number of rotatable bonds is 3. The van der Waals surface area contributed by atoms with Gasteiger partial charge in [0.15, 0.2) is 0 Å². The molecule has 1 N–H and O–H groups in total. The molecule has 0 amide bonds. The lowest BCUT2D eigenvalue weighted by Gasteiger charge is -2.07. The number of phenols is 1. The van der Waals surface area contributed by atoms with Gasteiger partial charge < -0.3 is 9.51 Å². The number of aromatic hydroxyl groups is 1. The van der Waals surface area contributed by atoms with Gasteiger partial charge in [0.1, 0.15) is 11.4 Å². The highest BCUT2D eigenvalue weighted by Gasteiger charge is 2.24. The van der Waals surface area contributed by atoms with Gasteiger partial charge in [0.2, 0.25) is 5.78 Å². The maximum absolute atomic E-state index is 13.3. The average molecular weight is 471 g/mol. The topological polar surface area (TPSA) is 41.7 Å². The Balaban J connectivity index is 2.00. The van der Waals surface area contributed by atoms with Gasteiger partial charge in [-0.1, -0.05) is 34.1 Å². The van der Waals surface area contributed by atoms with E-state index in [1.807, 2.05) is 53.1 Å². The van der Waals surface area contributed by atoms with Crippen LogP contribution < -0.4 is 0 Å². The molecular formula is C21H13Br2NO2. The molecule has 0 unspecified atom stereocenters. The molecule has 0 aliphatic carbocycles. The van der Waals surface area contributed by atoms with Gasteiger partial charge in [0.25, 0.3) is 0 Å².